The number of aliphatic hydroxyl groups is 1. The van der Waals surface area contributed by atoms with E-state index in [0.717, 1.165) is 60.3 Å². The third kappa shape index (κ3) is 9.86. The normalized spacial score (nSPS) is 18.1. The fourth-order valence-electron chi connectivity index (χ4n) is 8.10. The number of aromatic amines is 1. The van der Waals surface area contributed by atoms with E-state index in [0.29, 0.717) is 34.7 Å². The number of benzene rings is 5. The van der Waals surface area contributed by atoms with Crippen molar-refractivity contribution in [3.05, 3.63) is 177 Å². The highest BCUT2D eigenvalue weighted by atomic mass is 16.6. The summed E-state index contributed by atoms with van der Waals surface area (Å²) >= 11 is 0. The number of hydrogen-bond acceptors (Lipinski definition) is 10. The van der Waals surface area contributed by atoms with Gasteiger partial charge < -0.3 is 40.0 Å². The Hall–Kier alpha value is -6.47. The van der Waals surface area contributed by atoms with E-state index in [4.69, 9.17) is 14.2 Å². The molecule has 1 aromatic heterocycles. The van der Waals surface area contributed by atoms with Crippen LogP contribution in [0.5, 0.6) is 11.5 Å². The standard InChI is InChI=1S/C48H48N4O8/c53-41-18-16-39(40-17-19-44(55)50-46(40)41)42(54)27-49-26-32-6-4-7-33(24-32)30-59-47(56)36-14-12-31(13-15-36)29-58-38-11-5-10-37(25-38)45(35-8-2-1-3-9-35)51-48(57)60-43-28-52-22-20-34(43)21-23-52/h1-19,24-25,34,42-43,45,49,53-54H,20-23,26-30H2,(H,50,55)(H,51,57)/t42-,43-,45-/m0/s1. The number of phenols is 1. The maximum atomic E-state index is 13.2. The van der Waals surface area contributed by atoms with Crippen LogP contribution in [-0.2, 0) is 29.2 Å². The highest BCUT2D eigenvalue weighted by Gasteiger charge is 2.37. The third-order valence-electron chi connectivity index (χ3n) is 11.3. The van der Waals surface area contributed by atoms with Crippen LogP contribution in [0.4, 0.5) is 4.79 Å². The zero-order chi connectivity index (χ0) is 41.4. The van der Waals surface area contributed by atoms with Gasteiger partial charge in [0.15, 0.2) is 0 Å². The van der Waals surface area contributed by atoms with Gasteiger partial charge in [0.2, 0.25) is 5.56 Å². The summed E-state index contributed by atoms with van der Waals surface area (Å²) in [4.78, 5) is 42.9. The number of rotatable bonds is 15. The molecule has 4 heterocycles. The van der Waals surface area contributed by atoms with E-state index in [1.807, 2.05) is 91.0 Å². The molecule has 5 aromatic carbocycles. The van der Waals surface area contributed by atoms with Gasteiger partial charge in [-0.15, -0.1) is 0 Å². The van der Waals surface area contributed by atoms with Crippen molar-refractivity contribution in [3.8, 4) is 11.5 Å². The summed E-state index contributed by atoms with van der Waals surface area (Å²) in [6.07, 6.45) is 0.722. The number of esters is 1. The Morgan fingerprint density at radius 1 is 0.800 bits per heavy atom. The van der Waals surface area contributed by atoms with Gasteiger partial charge in [-0.3, -0.25) is 9.69 Å². The van der Waals surface area contributed by atoms with Gasteiger partial charge in [-0.2, -0.15) is 0 Å². The van der Waals surface area contributed by atoms with Gasteiger partial charge in [0.05, 0.1) is 23.2 Å². The van der Waals surface area contributed by atoms with Gasteiger partial charge in [-0.05, 0) is 102 Å². The fourth-order valence-corrected chi connectivity index (χ4v) is 8.10. The van der Waals surface area contributed by atoms with Crippen LogP contribution >= 0.6 is 0 Å². The number of ether oxygens (including phenoxy) is 3. The number of H-pyrrole nitrogens is 1. The molecule has 3 aliphatic rings. The first-order valence-electron chi connectivity index (χ1n) is 20.3. The Balaban J connectivity index is 0.817. The lowest BCUT2D eigenvalue weighted by molar-refractivity contribution is -0.0336. The number of hydrogen-bond donors (Lipinski definition) is 5. The minimum absolute atomic E-state index is 0.0622. The smallest absolute Gasteiger partial charge is 0.408 e. The molecule has 1 amide bonds. The molecular formula is C48H48N4O8. The molecule has 3 fully saturated rings. The monoisotopic (exact) mass is 808 g/mol. The Morgan fingerprint density at radius 2 is 1.57 bits per heavy atom. The second-order valence-corrected chi connectivity index (χ2v) is 15.5. The minimum atomic E-state index is -0.884. The fraction of sp³-hybridized carbons (Fsp3) is 0.271. The van der Waals surface area contributed by atoms with E-state index in [-0.39, 0.29) is 42.7 Å². The number of aromatic hydroxyl groups is 1. The van der Waals surface area contributed by atoms with Gasteiger partial charge in [-0.25, -0.2) is 9.59 Å². The van der Waals surface area contributed by atoms with Crippen molar-refractivity contribution in [2.24, 2.45) is 5.92 Å². The number of amides is 1. The Labute approximate surface area is 347 Å². The molecule has 5 N–H and O–H groups in total. The summed E-state index contributed by atoms with van der Waals surface area (Å²) < 4.78 is 17.8. The number of aromatic nitrogens is 1. The molecule has 2 bridgehead atoms. The van der Waals surface area contributed by atoms with E-state index >= 15 is 0 Å². The number of fused-ring (bicyclic) bond motifs is 4. The Morgan fingerprint density at radius 3 is 2.35 bits per heavy atom. The van der Waals surface area contributed by atoms with Crippen LogP contribution in [0.3, 0.4) is 0 Å². The van der Waals surface area contributed by atoms with Crippen LogP contribution in [0.15, 0.2) is 132 Å². The number of piperidine rings is 3. The van der Waals surface area contributed by atoms with Crippen molar-refractivity contribution in [1.29, 1.82) is 0 Å². The summed E-state index contributed by atoms with van der Waals surface area (Å²) in [6.45, 7) is 3.99. The second-order valence-electron chi connectivity index (χ2n) is 15.5. The van der Waals surface area contributed by atoms with Crippen molar-refractivity contribution in [2.45, 2.75) is 50.8 Å². The molecule has 308 valence electrons. The molecule has 3 aliphatic heterocycles. The maximum Gasteiger partial charge on any atom is 0.408 e. The van der Waals surface area contributed by atoms with Crippen molar-refractivity contribution >= 4 is 23.0 Å². The Kier molecular flexibility index (Phi) is 12.5. The topological polar surface area (TPSA) is 162 Å². The Bertz CT molecular complexity index is 2480. The van der Waals surface area contributed by atoms with Crippen molar-refractivity contribution in [3.63, 3.8) is 0 Å². The summed E-state index contributed by atoms with van der Waals surface area (Å²) in [7, 11) is 0. The largest absolute Gasteiger partial charge is 0.506 e. The lowest BCUT2D eigenvalue weighted by Crippen LogP contribution is -2.52. The minimum Gasteiger partial charge on any atom is -0.506 e. The molecule has 60 heavy (non-hydrogen) atoms. The number of phenolic OH excluding ortho intramolecular Hbond substituents is 1. The van der Waals surface area contributed by atoms with Crippen molar-refractivity contribution < 1.29 is 34.0 Å². The van der Waals surface area contributed by atoms with Crippen molar-refractivity contribution in [2.75, 3.05) is 26.2 Å². The van der Waals surface area contributed by atoms with E-state index in [1.54, 1.807) is 24.3 Å². The summed E-state index contributed by atoms with van der Waals surface area (Å²) in [5.41, 5.74) is 5.38. The van der Waals surface area contributed by atoms with Gasteiger partial charge in [0, 0.05) is 31.1 Å². The van der Waals surface area contributed by atoms with Gasteiger partial charge in [-0.1, -0.05) is 84.9 Å². The molecule has 0 saturated carbocycles. The molecule has 3 atom stereocenters. The van der Waals surface area contributed by atoms with Crippen LogP contribution in [0, 0.1) is 5.92 Å². The predicted octanol–water partition coefficient (Wildman–Crippen LogP) is 6.90. The van der Waals surface area contributed by atoms with Crippen molar-refractivity contribution in [1.82, 2.24) is 20.5 Å². The number of aliphatic hydroxyl groups excluding tert-OH is 1. The molecule has 3 saturated heterocycles. The average molecular weight is 809 g/mol. The molecule has 0 spiro atoms. The first kappa shape index (κ1) is 40.3. The number of alkyl carbamates (subject to hydrolysis) is 1. The molecule has 0 aliphatic carbocycles. The number of carbonyl (C=O) groups excluding carboxylic acids is 2. The average Bonchev–Trinajstić information content (AvgIpc) is 3.28. The lowest BCUT2D eigenvalue weighted by atomic mass is 9.86. The first-order chi connectivity index (χ1) is 29.3. The summed E-state index contributed by atoms with van der Waals surface area (Å²) in [5, 5.41) is 28.0. The molecule has 0 radical (unpaired) electrons. The van der Waals surface area contributed by atoms with Crippen LogP contribution in [-0.4, -0.2) is 64.4 Å². The van der Waals surface area contributed by atoms with E-state index in [2.05, 4.69) is 20.5 Å². The second kappa shape index (κ2) is 18.6. The SMILES string of the molecule is O=C(N[C@@H](c1ccccc1)c1cccc(OCc2ccc(C(=O)OCc3cccc(CNC[C@H](O)c4ccc(O)c5[nH]c(=O)ccc45)c3)cc2)c1)O[C@H]1CN2CCC1CC2. The molecule has 12 heteroatoms. The highest BCUT2D eigenvalue weighted by molar-refractivity contribution is 5.89. The number of nitrogens with zero attached hydrogens (tertiary/aromatic N) is 1. The first-order valence-corrected chi connectivity index (χ1v) is 20.3. The zero-order valence-corrected chi connectivity index (χ0v) is 33.1. The molecule has 9 rings (SSSR count). The van der Waals surface area contributed by atoms with Crippen LogP contribution in [0.2, 0.25) is 0 Å². The molecule has 12 nitrogen and oxygen atoms in total. The molecule has 0 unspecified atom stereocenters. The predicted molar refractivity (Wildman–Crippen MR) is 227 cm³/mol. The highest BCUT2D eigenvalue weighted by Crippen LogP contribution is 2.31. The zero-order valence-electron chi connectivity index (χ0n) is 33.1. The number of nitrogens with one attached hydrogen (secondary N) is 3. The van der Waals surface area contributed by atoms with E-state index < -0.39 is 24.2 Å². The summed E-state index contributed by atoms with van der Waals surface area (Å²) in [6, 6.07) is 37.8. The van der Waals surface area contributed by atoms with E-state index in [9.17, 15) is 24.6 Å². The maximum absolute atomic E-state index is 13.2. The van der Waals surface area contributed by atoms with Gasteiger partial charge >= 0.3 is 12.1 Å². The van der Waals surface area contributed by atoms with Gasteiger partial charge in [0.1, 0.15) is 30.8 Å². The number of pyridine rings is 1. The van der Waals surface area contributed by atoms with Crippen LogP contribution in [0.1, 0.15) is 68.7 Å². The number of carbonyl (C=O) groups is 2. The van der Waals surface area contributed by atoms with Crippen LogP contribution < -0.4 is 20.9 Å². The molecular weight excluding hydrogens is 761 g/mol. The summed E-state index contributed by atoms with van der Waals surface area (Å²) in [5.74, 6) is 0.545. The van der Waals surface area contributed by atoms with Gasteiger partial charge in [0.25, 0.3) is 0 Å². The van der Waals surface area contributed by atoms with Crippen LogP contribution in [0.25, 0.3) is 10.9 Å². The lowest BCUT2D eigenvalue weighted by Gasteiger charge is -2.43. The molecule has 6 aromatic rings. The van der Waals surface area contributed by atoms with E-state index in [1.165, 1.54) is 12.1 Å². The third-order valence-corrected chi connectivity index (χ3v) is 11.3. The quantitative estimate of drug-likeness (QED) is 0.0690.